The van der Waals surface area contributed by atoms with Gasteiger partial charge in [0.25, 0.3) is 0 Å². The van der Waals surface area contributed by atoms with Gasteiger partial charge in [0.15, 0.2) is 0 Å². The van der Waals surface area contributed by atoms with E-state index >= 15 is 0 Å². The van der Waals surface area contributed by atoms with E-state index in [9.17, 15) is 9.50 Å². The maximum Gasteiger partial charge on any atom is 0.123 e. The molecule has 1 aromatic heterocycles. The summed E-state index contributed by atoms with van der Waals surface area (Å²) in [6.07, 6.45) is 0.930. The van der Waals surface area contributed by atoms with Crippen molar-refractivity contribution >= 4 is 0 Å². The lowest BCUT2D eigenvalue weighted by Crippen LogP contribution is -2.00. The summed E-state index contributed by atoms with van der Waals surface area (Å²) in [7, 11) is 0. The minimum Gasteiger partial charge on any atom is -0.382 e. The van der Waals surface area contributed by atoms with Gasteiger partial charge in [-0.05, 0) is 42.3 Å². The number of aromatic amines is 1. The molecule has 0 bridgehead atoms. The van der Waals surface area contributed by atoms with Gasteiger partial charge in [-0.2, -0.15) is 0 Å². The number of nitrogens with one attached hydrogen (secondary N) is 1. The summed E-state index contributed by atoms with van der Waals surface area (Å²) < 4.78 is 13.1. The van der Waals surface area contributed by atoms with Crippen LogP contribution in [0, 0.1) is 12.7 Å². The van der Waals surface area contributed by atoms with Crippen LogP contribution in [-0.4, -0.2) is 10.1 Å². The highest BCUT2D eigenvalue weighted by Crippen LogP contribution is 2.22. The molecule has 2 nitrogen and oxygen atoms in total. The average molecular weight is 205 g/mol. The van der Waals surface area contributed by atoms with Gasteiger partial charge in [0, 0.05) is 11.9 Å². The van der Waals surface area contributed by atoms with Gasteiger partial charge in [0.05, 0.1) is 0 Å². The van der Waals surface area contributed by atoms with Crippen molar-refractivity contribution < 1.29 is 9.50 Å². The van der Waals surface area contributed by atoms with E-state index in [0.29, 0.717) is 11.3 Å². The van der Waals surface area contributed by atoms with Crippen LogP contribution in [0.4, 0.5) is 4.39 Å². The third-order valence-electron chi connectivity index (χ3n) is 2.30. The van der Waals surface area contributed by atoms with Gasteiger partial charge in [-0.3, -0.25) is 0 Å². The lowest BCUT2D eigenvalue weighted by atomic mass is 10.0. The van der Waals surface area contributed by atoms with Gasteiger partial charge in [0.1, 0.15) is 11.9 Å². The number of H-pyrrole nitrogens is 1. The smallest absolute Gasteiger partial charge is 0.123 e. The summed E-state index contributed by atoms with van der Waals surface area (Å²) in [5.74, 6) is -0.324. The molecule has 0 saturated heterocycles. The van der Waals surface area contributed by atoms with Crippen molar-refractivity contribution in [2.75, 3.05) is 0 Å². The Kier molecular flexibility index (Phi) is 2.56. The molecule has 1 heterocycles. The van der Waals surface area contributed by atoms with Crippen molar-refractivity contribution in [1.29, 1.82) is 0 Å². The highest BCUT2D eigenvalue weighted by atomic mass is 19.1. The normalized spacial score (nSPS) is 12.7. The van der Waals surface area contributed by atoms with E-state index in [0.717, 1.165) is 5.56 Å². The van der Waals surface area contributed by atoms with Crippen molar-refractivity contribution in [1.82, 2.24) is 4.98 Å². The monoisotopic (exact) mass is 205 g/mol. The maximum absolute atomic E-state index is 13.1. The highest BCUT2D eigenvalue weighted by molar-refractivity contribution is 5.30. The number of hydrogen-bond donors (Lipinski definition) is 2. The van der Waals surface area contributed by atoms with Crippen molar-refractivity contribution in [2.45, 2.75) is 13.0 Å². The highest BCUT2D eigenvalue weighted by Gasteiger charge is 2.12. The Morgan fingerprint density at radius 1 is 1.33 bits per heavy atom. The van der Waals surface area contributed by atoms with Crippen LogP contribution in [0.5, 0.6) is 0 Å². The molecular weight excluding hydrogens is 193 g/mol. The Balaban J connectivity index is 2.37. The summed E-state index contributed by atoms with van der Waals surface area (Å²) in [4.78, 5) is 2.90. The Morgan fingerprint density at radius 3 is 2.73 bits per heavy atom. The lowest BCUT2D eigenvalue weighted by Gasteiger charge is -2.10. The largest absolute Gasteiger partial charge is 0.382 e. The SMILES string of the molecule is Cc1cc(F)cc(C(O)c2ccc[nH]2)c1. The molecule has 1 atom stereocenters. The van der Waals surface area contributed by atoms with Crippen molar-refractivity contribution in [3.8, 4) is 0 Å². The minimum atomic E-state index is -0.797. The van der Waals surface area contributed by atoms with Crippen LogP contribution in [-0.2, 0) is 0 Å². The number of aliphatic hydroxyl groups is 1. The van der Waals surface area contributed by atoms with E-state index in [1.54, 1.807) is 31.3 Å². The number of hydrogen-bond acceptors (Lipinski definition) is 1. The average Bonchev–Trinajstić information content (AvgIpc) is 2.67. The predicted octanol–water partition coefficient (Wildman–Crippen LogP) is 2.54. The predicted molar refractivity (Wildman–Crippen MR) is 56.0 cm³/mol. The third kappa shape index (κ3) is 2.07. The lowest BCUT2D eigenvalue weighted by molar-refractivity contribution is 0.215. The Hall–Kier alpha value is -1.61. The first-order valence-corrected chi connectivity index (χ1v) is 4.75. The molecule has 0 fully saturated rings. The molecule has 1 aromatic carbocycles. The van der Waals surface area contributed by atoms with E-state index in [1.165, 1.54) is 12.1 Å². The zero-order valence-corrected chi connectivity index (χ0v) is 8.37. The number of benzene rings is 1. The van der Waals surface area contributed by atoms with Gasteiger partial charge in [-0.25, -0.2) is 4.39 Å². The van der Waals surface area contributed by atoms with Crippen molar-refractivity contribution in [3.63, 3.8) is 0 Å². The molecule has 0 amide bonds. The van der Waals surface area contributed by atoms with Crippen LogP contribution in [0.3, 0.4) is 0 Å². The second kappa shape index (κ2) is 3.87. The molecule has 3 heteroatoms. The summed E-state index contributed by atoms with van der Waals surface area (Å²) in [5.41, 5.74) is 2.03. The quantitative estimate of drug-likeness (QED) is 0.776. The molecule has 0 aliphatic rings. The molecular formula is C12H12FNO. The van der Waals surface area contributed by atoms with Crippen LogP contribution in [0.1, 0.15) is 22.9 Å². The first kappa shape index (κ1) is 9.93. The van der Waals surface area contributed by atoms with Crippen LogP contribution >= 0.6 is 0 Å². The molecule has 2 N–H and O–H groups in total. The third-order valence-corrected chi connectivity index (χ3v) is 2.30. The molecule has 15 heavy (non-hydrogen) atoms. The number of aryl methyl sites for hydroxylation is 1. The topological polar surface area (TPSA) is 36.0 Å². The van der Waals surface area contributed by atoms with Gasteiger partial charge in [-0.15, -0.1) is 0 Å². The van der Waals surface area contributed by atoms with Gasteiger partial charge in [-0.1, -0.05) is 6.07 Å². The molecule has 78 valence electrons. The molecule has 2 aromatic rings. The Morgan fingerprint density at radius 2 is 2.13 bits per heavy atom. The number of aliphatic hydroxyl groups excluding tert-OH is 1. The maximum atomic E-state index is 13.1. The van der Waals surface area contributed by atoms with Crippen LogP contribution in [0.25, 0.3) is 0 Å². The fourth-order valence-electron chi connectivity index (χ4n) is 1.62. The first-order valence-electron chi connectivity index (χ1n) is 4.75. The number of aromatic nitrogens is 1. The zero-order valence-electron chi connectivity index (χ0n) is 8.37. The molecule has 0 aliphatic heterocycles. The second-order valence-corrected chi connectivity index (χ2v) is 3.59. The second-order valence-electron chi connectivity index (χ2n) is 3.59. The fourth-order valence-corrected chi connectivity index (χ4v) is 1.62. The van der Waals surface area contributed by atoms with Gasteiger partial charge in [0.2, 0.25) is 0 Å². The van der Waals surface area contributed by atoms with E-state index < -0.39 is 6.10 Å². The minimum absolute atomic E-state index is 0.324. The Bertz CT molecular complexity index is 430. The van der Waals surface area contributed by atoms with E-state index in [-0.39, 0.29) is 5.82 Å². The molecule has 0 spiro atoms. The fraction of sp³-hybridized carbons (Fsp3) is 0.167. The molecule has 0 saturated carbocycles. The molecule has 0 aliphatic carbocycles. The standard InChI is InChI=1S/C12H12FNO/c1-8-5-9(7-10(13)6-8)12(15)11-3-2-4-14-11/h2-7,12,14-15H,1H3. The number of halogens is 1. The van der Waals surface area contributed by atoms with Crippen LogP contribution in [0.15, 0.2) is 36.5 Å². The zero-order chi connectivity index (χ0) is 10.8. The van der Waals surface area contributed by atoms with E-state index in [2.05, 4.69) is 4.98 Å². The molecule has 0 radical (unpaired) electrons. The van der Waals surface area contributed by atoms with E-state index in [1.807, 2.05) is 0 Å². The first-order chi connectivity index (χ1) is 7.16. The summed E-state index contributed by atoms with van der Waals surface area (Å²) in [5, 5.41) is 9.93. The van der Waals surface area contributed by atoms with Crippen molar-refractivity contribution in [3.05, 3.63) is 59.2 Å². The molecule has 2 rings (SSSR count). The van der Waals surface area contributed by atoms with Gasteiger partial charge >= 0.3 is 0 Å². The van der Waals surface area contributed by atoms with Crippen LogP contribution in [0.2, 0.25) is 0 Å². The summed E-state index contributed by atoms with van der Waals surface area (Å²) in [6.45, 7) is 1.80. The summed E-state index contributed by atoms with van der Waals surface area (Å²) >= 11 is 0. The molecule has 1 unspecified atom stereocenters. The van der Waals surface area contributed by atoms with Crippen molar-refractivity contribution in [2.24, 2.45) is 0 Å². The van der Waals surface area contributed by atoms with Crippen LogP contribution < -0.4 is 0 Å². The summed E-state index contributed by atoms with van der Waals surface area (Å²) in [6, 6.07) is 8.12. The van der Waals surface area contributed by atoms with Gasteiger partial charge < -0.3 is 10.1 Å². The number of rotatable bonds is 2. The Labute approximate surface area is 87.4 Å². The van der Waals surface area contributed by atoms with E-state index in [4.69, 9.17) is 0 Å².